The molecule has 0 atom stereocenters. The monoisotopic (exact) mass is 392 g/mol. The van der Waals surface area contributed by atoms with Crippen LogP contribution in [0.4, 0.5) is 5.69 Å². The van der Waals surface area contributed by atoms with Crippen LogP contribution < -0.4 is 5.32 Å². The van der Waals surface area contributed by atoms with Crippen molar-refractivity contribution in [3.63, 3.8) is 0 Å². The van der Waals surface area contributed by atoms with Crippen LogP contribution in [0.25, 0.3) is 0 Å². The summed E-state index contributed by atoms with van der Waals surface area (Å²) in [5, 5.41) is 4.70. The van der Waals surface area contributed by atoms with E-state index in [4.69, 9.17) is 0 Å². The molecule has 1 aliphatic heterocycles. The molecule has 1 saturated heterocycles. The number of hydrogen-bond acceptors (Lipinski definition) is 5. The first-order chi connectivity index (χ1) is 12.3. The lowest BCUT2D eigenvalue weighted by molar-refractivity contribution is -0.121. The fourth-order valence-corrected chi connectivity index (χ4v) is 4.25. The first-order valence-electron chi connectivity index (χ1n) is 8.28. The Balaban J connectivity index is 1.54. The minimum atomic E-state index is -3.25. The van der Waals surface area contributed by atoms with Gasteiger partial charge in [0.05, 0.1) is 9.77 Å². The number of likely N-dealkylation sites (tertiary alicyclic amines) is 1. The molecule has 2 aromatic rings. The Labute approximate surface area is 156 Å². The highest BCUT2D eigenvalue weighted by Gasteiger charge is 2.28. The van der Waals surface area contributed by atoms with E-state index in [-0.39, 0.29) is 22.6 Å². The number of amides is 2. The molecule has 3 rings (SSSR count). The quantitative estimate of drug-likeness (QED) is 0.867. The van der Waals surface area contributed by atoms with Crippen molar-refractivity contribution in [2.24, 2.45) is 5.92 Å². The number of carbonyl (C=O) groups excluding carboxylic acids is 2. The van der Waals surface area contributed by atoms with Gasteiger partial charge in [-0.25, -0.2) is 8.42 Å². The summed E-state index contributed by atoms with van der Waals surface area (Å²) in [5.74, 6) is -0.229. The van der Waals surface area contributed by atoms with Gasteiger partial charge in [-0.1, -0.05) is 6.07 Å². The molecular weight excluding hydrogens is 372 g/mol. The molecule has 2 amide bonds. The van der Waals surface area contributed by atoms with E-state index in [9.17, 15) is 18.0 Å². The van der Waals surface area contributed by atoms with Gasteiger partial charge in [0.25, 0.3) is 5.91 Å². The molecule has 0 bridgehead atoms. The molecule has 1 aliphatic rings. The average Bonchev–Trinajstić information content (AvgIpc) is 3.15. The lowest BCUT2D eigenvalue weighted by atomic mass is 9.95. The number of nitrogens with one attached hydrogen (secondary N) is 1. The van der Waals surface area contributed by atoms with Gasteiger partial charge >= 0.3 is 0 Å². The maximum absolute atomic E-state index is 12.4. The predicted octanol–water partition coefficient (Wildman–Crippen LogP) is 2.64. The lowest BCUT2D eigenvalue weighted by Crippen LogP contribution is -2.41. The van der Waals surface area contributed by atoms with Crippen molar-refractivity contribution in [3.05, 3.63) is 46.7 Å². The zero-order valence-corrected chi connectivity index (χ0v) is 16.0. The van der Waals surface area contributed by atoms with E-state index >= 15 is 0 Å². The van der Waals surface area contributed by atoms with Crippen LogP contribution in [0.5, 0.6) is 0 Å². The Morgan fingerprint density at radius 1 is 1.12 bits per heavy atom. The van der Waals surface area contributed by atoms with Crippen LogP contribution in [0.3, 0.4) is 0 Å². The Morgan fingerprint density at radius 3 is 2.31 bits per heavy atom. The van der Waals surface area contributed by atoms with E-state index in [0.29, 0.717) is 31.6 Å². The van der Waals surface area contributed by atoms with E-state index in [1.807, 2.05) is 17.5 Å². The molecule has 0 aliphatic carbocycles. The molecule has 0 unspecified atom stereocenters. The zero-order chi connectivity index (χ0) is 18.7. The Hall–Kier alpha value is -2.19. The minimum Gasteiger partial charge on any atom is -0.338 e. The first-order valence-corrected chi connectivity index (χ1v) is 11.1. The molecule has 2 heterocycles. The van der Waals surface area contributed by atoms with E-state index in [1.54, 1.807) is 17.0 Å². The second-order valence-electron chi connectivity index (χ2n) is 6.33. The SMILES string of the molecule is CS(=O)(=O)c1ccc(NC(=O)C2CCN(C(=O)c3cccs3)CC2)cc1. The van der Waals surface area contributed by atoms with Crippen LogP contribution in [-0.2, 0) is 14.6 Å². The van der Waals surface area contributed by atoms with Crippen molar-refractivity contribution >= 4 is 38.7 Å². The molecule has 0 radical (unpaired) electrons. The van der Waals surface area contributed by atoms with E-state index in [0.717, 1.165) is 11.1 Å². The predicted molar refractivity (Wildman–Crippen MR) is 101 cm³/mol. The summed E-state index contributed by atoms with van der Waals surface area (Å²) in [4.78, 5) is 27.5. The van der Waals surface area contributed by atoms with Gasteiger partial charge in [0.2, 0.25) is 5.91 Å². The number of carbonyl (C=O) groups is 2. The van der Waals surface area contributed by atoms with Crippen LogP contribution in [-0.4, -0.2) is 44.5 Å². The number of rotatable bonds is 4. The molecule has 6 nitrogen and oxygen atoms in total. The second-order valence-corrected chi connectivity index (χ2v) is 9.29. The van der Waals surface area contributed by atoms with Gasteiger partial charge in [-0.2, -0.15) is 0 Å². The van der Waals surface area contributed by atoms with Gasteiger partial charge in [0.15, 0.2) is 9.84 Å². The number of thiophene rings is 1. The number of piperidine rings is 1. The molecule has 1 N–H and O–H groups in total. The topological polar surface area (TPSA) is 83.6 Å². The second kappa shape index (κ2) is 7.59. The fraction of sp³-hybridized carbons (Fsp3) is 0.333. The van der Waals surface area contributed by atoms with Crippen molar-refractivity contribution in [1.29, 1.82) is 0 Å². The Kier molecular flexibility index (Phi) is 5.43. The van der Waals surface area contributed by atoms with Crippen LogP contribution in [0.15, 0.2) is 46.7 Å². The van der Waals surface area contributed by atoms with Crippen LogP contribution >= 0.6 is 11.3 Å². The van der Waals surface area contributed by atoms with Gasteiger partial charge in [0, 0.05) is 31.0 Å². The third-order valence-corrected chi connectivity index (χ3v) is 6.42. The summed E-state index contributed by atoms with van der Waals surface area (Å²) in [6, 6.07) is 9.80. The van der Waals surface area contributed by atoms with Crippen molar-refractivity contribution in [2.45, 2.75) is 17.7 Å². The molecule has 138 valence electrons. The van der Waals surface area contributed by atoms with E-state index in [1.165, 1.54) is 23.5 Å². The largest absolute Gasteiger partial charge is 0.338 e. The fourth-order valence-electron chi connectivity index (χ4n) is 2.93. The van der Waals surface area contributed by atoms with Crippen molar-refractivity contribution in [3.8, 4) is 0 Å². The molecule has 1 aromatic heterocycles. The third kappa shape index (κ3) is 4.31. The summed E-state index contributed by atoms with van der Waals surface area (Å²) in [6.07, 6.45) is 2.38. The van der Waals surface area contributed by atoms with Crippen LogP contribution in [0.2, 0.25) is 0 Å². The zero-order valence-electron chi connectivity index (χ0n) is 14.3. The number of hydrogen-bond donors (Lipinski definition) is 1. The maximum Gasteiger partial charge on any atom is 0.263 e. The summed E-state index contributed by atoms with van der Waals surface area (Å²) < 4.78 is 22.9. The van der Waals surface area contributed by atoms with Crippen LogP contribution in [0, 0.1) is 5.92 Å². The average molecular weight is 393 g/mol. The van der Waals surface area contributed by atoms with Gasteiger partial charge in [-0.15, -0.1) is 11.3 Å². The first kappa shape index (κ1) is 18.6. The number of anilines is 1. The Bertz CT molecular complexity index is 882. The molecule has 0 saturated carbocycles. The molecule has 1 fully saturated rings. The van der Waals surface area contributed by atoms with E-state index < -0.39 is 9.84 Å². The van der Waals surface area contributed by atoms with Crippen LogP contribution in [0.1, 0.15) is 22.5 Å². The summed E-state index contributed by atoms with van der Waals surface area (Å²) in [6.45, 7) is 1.11. The van der Waals surface area contributed by atoms with Gasteiger partial charge in [0.1, 0.15) is 0 Å². The lowest BCUT2D eigenvalue weighted by Gasteiger charge is -2.31. The van der Waals surface area contributed by atoms with Crippen molar-refractivity contribution < 1.29 is 18.0 Å². The smallest absolute Gasteiger partial charge is 0.263 e. The third-order valence-electron chi connectivity index (χ3n) is 4.43. The molecule has 8 heteroatoms. The number of benzene rings is 1. The van der Waals surface area contributed by atoms with Gasteiger partial charge in [-0.05, 0) is 48.6 Å². The standard InChI is InChI=1S/C18H20N2O4S2/c1-26(23,24)15-6-4-14(5-7-15)19-17(21)13-8-10-20(11-9-13)18(22)16-3-2-12-25-16/h2-7,12-13H,8-11H2,1H3,(H,19,21). The molecule has 1 aromatic carbocycles. The summed E-state index contributed by atoms with van der Waals surface area (Å²) in [7, 11) is -3.25. The Morgan fingerprint density at radius 2 is 1.77 bits per heavy atom. The van der Waals surface area contributed by atoms with Crippen molar-refractivity contribution in [2.75, 3.05) is 24.7 Å². The van der Waals surface area contributed by atoms with Crippen molar-refractivity contribution in [1.82, 2.24) is 4.90 Å². The summed E-state index contributed by atoms with van der Waals surface area (Å²) >= 11 is 1.42. The minimum absolute atomic E-state index is 0.0234. The normalized spacial score (nSPS) is 15.7. The number of sulfone groups is 1. The maximum atomic E-state index is 12.4. The molecular formula is C18H20N2O4S2. The highest BCUT2D eigenvalue weighted by Crippen LogP contribution is 2.22. The van der Waals surface area contributed by atoms with Gasteiger partial charge < -0.3 is 10.2 Å². The number of nitrogens with zero attached hydrogens (tertiary/aromatic N) is 1. The van der Waals surface area contributed by atoms with Gasteiger partial charge in [-0.3, -0.25) is 9.59 Å². The highest BCUT2D eigenvalue weighted by atomic mass is 32.2. The van der Waals surface area contributed by atoms with E-state index in [2.05, 4.69) is 5.32 Å². The molecule has 0 spiro atoms. The summed E-state index contributed by atoms with van der Waals surface area (Å²) in [5.41, 5.74) is 0.569. The molecule has 26 heavy (non-hydrogen) atoms. The highest BCUT2D eigenvalue weighted by molar-refractivity contribution is 7.90.